The Kier molecular flexibility index (Phi) is 3.37. The Balaban J connectivity index is 2.50. The minimum Gasteiger partial charge on any atom is -0.265 e. The third-order valence-electron chi connectivity index (χ3n) is 1.92. The van der Waals surface area contributed by atoms with E-state index in [1.807, 2.05) is 0 Å². The first-order chi connectivity index (χ1) is 5.49. The second-order valence-corrected chi connectivity index (χ2v) is 5.30. The normalized spacial score (nSPS) is 31.8. The first-order valence-corrected chi connectivity index (χ1v) is 6.26. The molecule has 12 heavy (non-hydrogen) atoms. The number of hydrogen-bond donors (Lipinski definition) is 0. The van der Waals surface area contributed by atoms with Crippen molar-refractivity contribution in [2.75, 3.05) is 6.26 Å². The van der Waals surface area contributed by atoms with Crippen molar-refractivity contribution >= 4 is 21.7 Å². The summed E-state index contributed by atoms with van der Waals surface area (Å²) < 4.78 is 26.4. The van der Waals surface area contributed by atoms with Crippen LogP contribution in [0.25, 0.3) is 0 Å². The Bertz CT molecular complexity index is 237. The fourth-order valence-electron chi connectivity index (χ4n) is 1.38. The molecule has 0 spiro atoms. The van der Waals surface area contributed by atoms with Crippen molar-refractivity contribution in [1.29, 1.82) is 0 Å². The molecule has 5 heteroatoms. The summed E-state index contributed by atoms with van der Waals surface area (Å²) in [6, 6.07) is 0. The molecule has 0 saturated heterocycles. The van der Waals surface area contributed by atoms with Crippen LogP contribution in [0.1, 0.15) is 25.7 Å². The Labute approximate surface area is 78.2 Å². The summed E-state index contributed by atoms with van der Waals surface area (Å²) in [5, 5.41) is -0.145. The van der Waals surface area contributed by atoms with E-state index in [1.165, 1.54) is 0 Å². The number of alkyl halides is 1. The van der Waals surface area contributed by atoms with E-state index >= 15 is 0 Å². The van der Waals surface area contributed by atoms with Crippen LogP contribution >= 0.6 is 11.6 Å². The lowest BCUT2D eigenvalue weighted by molar-refractivity contribution is 0.168. The Morgan fingerprint density at radius 3 is 2.42 bits per heavy atom. The monoisotopic (exact) mass is 212 g/mol. The Morgan fingerprint density at radius 2 is 1.92 bits per heavy atom. The molecule has 1 aliphatic carbocycles. The molecule has 1 rings (SSSR count). The van der Waals surface area contributed by atoms with Gasteiger partial charge in [-0.05, 0) is 12.8 Å². The van der Waals surface area contributed by atoms with Crippen LogP contribution in [-0.2, 0) is 14.3 Å². The van der Waals surface area contributed by atoms with Gasteiger partial charge in [0.2, 0.25) is 0 Å². The molecular formula is C7H13ClO3S. The number of rotatable bonds is 2. The summed E-state index contributed by atoms with van der Waals surface area (Å²) in [5.41, 5.74) is 0. The van der Waals surface area contributed by atoms with Gasteiger partial charge in [-0.3, -0.25) is 4.18 Å². The highest BCUT2D eigenvalue weighted by atomic mass is 35.5. The van der Waals surface area contributed by atoms with Crippen LogP contribution < -0.4 is 0 Å². The molecule has 2 atom stereocenters. The summed E-state index contributed by atoms with van der Waals surface area (Å²) >= 11 is 5.90. The van der Waals surface area contributed by atoms with E-state index in [0.717, 1.165) is 31.9 Å². The van der Waals surface area contributed by atoms with Crippen molar-refractivity contribution in [1.82, 2.24) is 0 Å². The van der Waals surface area contributed by atoms with Crippen molar-refractivity contribution < 1.29 is 12.6 Å². The van der Waals surface area contributed by atoms with Gasteiger partial charge in [-0.25, -0.2) is 0 Å². The highest BCUT2D eigenvalue weighted by Crippen LogP contribution is 2.26. The standard InChI is InChI=1S/C7H13ClO3S/c1-12(9,10)11-7-5-3-2-4-6(7)8/h6-7H,2-5H2,1H3/t6-,7-/m1/s1. The largest absolute Gasteiger partial charge is 0.265 e. The van der Waals surface area contributed by atoms with Crippen LogP contribution in [-0.4, -0.2) is 26.2 Å². The molecular weight excluding hydrogens is 200 g/mol. The minimum atomic E-state index is -3.34. The molecule has 3 nitrogen and oxygen atoms in total. The number of halogens is 1. The van der Waals surface area contributed by atoms with Gasteiger partial charge >= 0.3 is 0 Å². The highest BCUT2D eigenvalue weighted by Gasteiger charge is 2.26. The van der Waals surface area contributed by atoms with E-state index in [0.29, 0.717) is 0 Å². The minimum absolute atomic E-state index is 0.145. The summed E-state index contributed by atoms with van der Waals surface area (Å²) in [5.74, 6) is 0. The topological polar surface area (TPSA) is 43.4 Å². The average molecular weight is 213 g/mol. The highest BCUT2D eigenvalue weighted by molar-refractivity contribution is 7.86. The SMILES string of the molecule is CS(=O)(=O)O[C@@H]1CCCC[C@H]1Cl. The maximum atomic E-state index is 10.8. The zero-order valence-corrected chi connectivity index (χ0v) is 8.57. The summed E-state index contributed by atoms with van der Waals surface area (Å²) in [6.07, 6.45) is 4.42. The van der Waals surface area contributed by atoms with Gasteiger partial charge < -0.3 is 0 Å². The molecule has 0 aliphatic heterocycles. The fraction of sp³-hybridized carbons (Fsp3) is 1.00. The van der Waals surface area contributed by atoms with Gasteiger partial charge in [-0.1, -0.05) is 12.8 Å². The average Bonchev–Trinajstić information content (AvgIpc) is 1.91. The Hall–Kier alpha value is 0.200. The molecule has 0 bridgehead atoms. The van der Waals surface area contributed by atoms with E-state index in [-0.39, 0.29) is 11.5 Å². The maximum Gasteiger partial charge on any atom is 0.264 e. The van der Waals surface area contributed by atoms with Gasteiger partial charge in [0.1, 0.15) is 0 Å². The fourth-order valence-corrected chi connectivity index (χ4v) is 2.46. The smallest absolute Gasteiger partial charge is 0.264 e. The zero-order valence-electron chi connectivity index (χ0n) is 6.99. The van der Waals surface area contributed by atoms with Gasteiger partial charge in [-0.2, -0.15) is 8.42 Å². The van der Waals surface area contributed by atoms with Crippen molar-refractivity contribution in [2.45, 2.75) is 37.2 Å². The van der Waals surface area contributed by atoms with Crippen LogP contribution in [0.2, 0.25) is 0 Å². The zero-order chi connectivity index (χ0) is 9.19. The first kappa shape index (κ1) is 10.3. The van der Waals surface area contributed by atoms with E-state index < -0.39 is 10.1 Å². The molecule has 1 fully saturated rings. The molecule has 1 aliphatic rings. The molecule has 0 aromatic rings. The molecule has 0 N–H and O–H groups in total. The predicted octanol–water partition coefficient (Wildman–Crippen LogP) is 1.51. The third-order valence-corrected chi connectivity index (χ3v) is 3.02. The van der Waals surface area contributed by atoms with Gasteiger partial charge in [0.15, 0.2) is 0 Å². The molecule has 0 radical (unpaired) electrons. The van der Waals surface area contributed by atoms with Crippen molar-refractivity contribution in [3.8, 4) is 0 Å². The molecule has 0 aromatic heterocycles. The second-order valence-electron chi connectivity index (χ2n) is 3.14. The van der Waals surface area contributed by atoms with E-state index in [9.17, 15) is 8.42 Å². The second kappa shape index (κ2) is 3.94. The van der Waals surface area contributed by atoms with Gasteiger partial charge in [0.25, 0.3) is 10.1 Å². The molecule has 0 unspecified atom stereocenters. The molecule has 72 valence electrons. The van der Waals surface area contributed by atoms with E-state index in [2.05, 4.69) is 0 Å². The van der Waals surface area contributed by atoms with Crippen LogP contribution in [0.4, 0.5) is 0 Å². The lowest BCUT2D eigenvalue weighted by Crippen LogP contribution is -2.30. The van der Waals surface area contributed by atoms with Crippen LogP contribution in [0.5, 0.6) is 0 Å². The van der Waals surface area contributed by atoms with Crippen molar-refractivity contribution in [3.63, 3.8) is 0 Å². The summed E-state index contributed by atoms with van der Waals surface area (Å²) in [7, 11) is -3.34. The molecule has 1 saturated carbocycles. The van der Waals surface area contributed by atoms with Crippen LogP contribution in [0.3, 0.4) is 0 Å². The van der Waals surface area contributed by atoms with Crippen molar-refractivity contribution in [2.24, 2.45) is 0 Å². The van der Waals surface area contributed by atoms with E-state index in [4.69, 9.17) is 15.8 Å². The van der Waals surface area contributed by atoms with Gasteiger partial charge in [-0.15, -0.1) is 11.6 Å². The lowest BCUT2D eigenvalue weighted by Gasteiger charge is -2.25. The number of hydrogen-bond acceptors (Lipinski definition) is 3. The molecule has 0 aromatic carbocycles. The maximum absolute atomic E-state index is 10.8. The van der Waals surface area contributed by atoms with Gasteiger partial charge in [0, 0.05) is 0 Å². The summed E-state index contributed by atoms with van der Waals surface area (Å²) in [4.78, 5) is 0. The van der Waals surface area contributed by atoms with Gasteiger partial charge in [0.05, 0.1) is 17.7 Å². The molecule has 0 amide bonds. The lowest BCUT2D eigenvalue weighted by atomic mass is 9.97. The summed E-state index contributed by atoms with van der Waals surface area (Å²) in [6.45, 7) is 0. The quantitative estimate of drug-likeness (QED) is 0.515. The third kappa shape index (κ3) is 3.29. The predicted molar refractivity (Wildman–Crippen MR) is 47.8 cm³/mol. The van der Waals surface area contributed by atoms with Crippen molar-refractivity contribution in [3.05, 3.63) is 0 Å². The molecule has 0 heterocycles. The van der Waals surface area contributed by atoms with Crippen LogP contribution in [0.15, 0.2) is 0 Å². The van der Waals surface area contributed by atoms with E-state index in [1.54, 1.807) is 0 Å². The Morgan fingerprint density at radius 1 is 1.33 bits per heavy atom. The first-order valence-electron chi connectivity index (χ1n) is 4.01. The van der Waals surface area contributed by atoms with Crippen LogP contribution in [0, 0.1) is 0 Å².